The van der Waals surface area contributed by atoms with Crippen molar-refractivity contribution in [3.8, 4) is 0 Å². The van der Waals surface area contributed by atoms with Crippen molar-refractivity contribution >= 4 is 23.2 Å². The van der Waals surface area contributed by atoms with Gasteiger partial charge in [0.25, 0.3) is 0 Å². The molecule has 130 valence electrons. The maximum absolute atomic E-state index is 11.9. The highest BCUT2D eigenvalue weighted by Crippen LogP contribution is 2.19. The summed E-state index contributed by atoms with van der Waals surface area (Å²) in [6.45, 7) is 2.95. The minimum Gasteiger partial charge on any atom is -0.326 e. The highest BCUT2D eigenvalue weighted by molar-refractivity contribution is 5.93. The Morgan fingerprint density at radius 1 is 1.00 bits per heavy atom. The van der Waals surface area contributed by atoms with Crippen molar-refractivity contribution in [3.05, 3.63) is 35.9 Å². The zero-order valence-corrected chi connectivity index (χ0v) is 14.4. The van der Waals surface area contributed by atoms with E-state index in [4.69, 9.17) is 0 Å². The Hall–Kier alpha value is -2.14. The standard InChI is InChI=1S/C19H27N3O2/c1-2-18(23)21-16-8-10-17(11-9-16)22-19(24)14-20-13-12-15-6-4-3-5-7-15/h6,8-11,20H,2-5,7,12-14H2,1H3,(H,21,23)(H,22,24). The summed E-state index contributed by atoms with van der Waals surface area (Å²) in [5.41, 5.74) is 2.98. The summed E-state index contributed by atoms with van der Waals surface area (Å²) >= 11 is 0. The predicted octanol–water partition coefficient (Wildman–Crippen LogP) is 3.45. The van der Waals surface area contributed by atoms with Crippen molar-refractivity contribution in [2.75, 3.05) is 23.7 Å². The predicted molar refractivity (Wildman–Crippen MR) is 98.0 cm³/mol. The van der Waals surface area contributed by atoms with E-state index in [9.17, 15) is 9.59 Å². The molecule has 0 atom stereocenters. The first-order valence-electron chi connectivity index (χ1n) is 8.75. The van der Waals surface area contributed by atoms with Crippen molar-refractivity contribution in [1.29, 1.82) is 0 Å². The second-order valence-corrected chi connectivity index (χ2v) is 6.06. The number of allylic oxidation sites excluding steroid dienone is 1. The van der Waals surface area contributed by atoms with Gasteiger partial charge in [0.05, 0.1) is 6.54 Å². The number of hydrogen-bond donors (Lipinski definition) is 3. The Morgan fingerprint density at radius 3 is 2.25 bits per heavy atom. The summed E-state index contributed by atoms with van der Waals surface area (Å²) in [4.78, 5) is 23.2. The van der Waals surface area contributed by atoms with Crippen LogP contribution in [0, 0.1) is 0 Å². The van der Waals surface area contributed by atoms with E-state index in [0.29, 0.717) is 13.0 Å². The second kappa shape index (κ2) is 9.88. The zero-order valence-electron chi connectivity index (χ0n) is 14.4. The minimum atomic E-state index is -0.0574. The molecular weight excluding hydrogens is 302 g/mol. The van der Waals surface area contributed by atoms with Crippen molar-refractivity contribution in [1.82, 2.24) is 5.32 Å². The SMILES string of the molecule is CCC(=O)Nc1ccc(NC(=O)CNCCC2=CCCCC2)cc1. The molecule has 0 spiro atoms. The van der Waals surface area contributed by atoms with Gasteiger partial charge in [-0.3, -0.25) is 9.59 Å². The number of anilines is 2. The van der Waals surface area contributed by atoms with Crippen molar-refractivity contribution < 1.29 is 9.59 Å². The maximum atomic E-state index is 11.9. The van der Waals surface area contributed by atoms with E-state index < -0.39 is 0 Å². The average molecular weight is 329 g/mol. The van der Waals surface area contributed by atoms with E-state index in [1.165, 1.54) is 31.3 Å². The van der Waals surface area contributed by atoms with Gasteiger partial charge in [-0.1, -0.05) is 18.6 Å². The molecule has 24 heavy (non-hydrogen) atoms. The van der Waals surface area contributed by atoms with Crippen LogP contribution < -0.4 is 16.0 Å². The van der Waals surface area contributed by atoms with Gasteiger partial charge >= 0.3 is 0 Å². The Labute approximate surface area is 143 Å². The van der Waals surface area contributed by atoms with Crippen LogP contribution >= 0.6 is 0 Å². The number of rotatable bonds is 8. The minimum absolute atomic E-state index is 0.0240. The molecule has 0 saturated carbocycles. The molecule has 1 aliphatic carbocycles. The number of carbonyl (C=O) groups is 2. The molecule has 5 heteroatoms. The molecule has 0 aliphatic heterocycles. The number of amides is 2. The smallest absolute Gasteiger partial charge is 0.238 e. The second-order valence-electron chi connectivity index (χ2n) is 6.06. The van der Waals surface area contributed by atoms with E-state index in [1.807, 2.05) is 6.92 Å². The largest absolute Gasteiger partial charge is 0.326 e. The first-order chi connectivity index (χ1) is 11.7. The highest BCUT2D eigenvalue weighted by Gasteiger charge is 2.05. The number of hydrogen-bond acceptors (Lipinski definition) is 3. The third kappa shape index (κ3) is 6.54. The topological polar surface area (TPSA) is 70.2 Å². The third-order valence-corrected chi connectivity index (χ3v) is 4.07. The molecule has 2 rings (SSSR count). The number of carbonyl (C=O) groups excluding carboxylic acids is 2. The van der Waals surface area contributed by atoms with Gasteiger partial charge in [-0.05, 0) is 62.9 Å². The van der Waals surface area contributed by atoms with Crippen LogP contribution in [0.15, 0.2) is 35.9 Å². The van der Waals surface area contributed by atoms with E-state index in [0.717, 1.165) is 24.3 Å². The van der Waals surface area contributed by atoms with Gasteiger partial charge in [-0.25, -0.2) is 0 Å². The molecule has 0 unspecified atom stereocenters. The molecule has 0 aromatic heterocycles. The van der Waals surface area contributed by atoms with Gasteiger partial charge in [0, 0.05) is 17.8 Å². The third-order valence-electron chi connectivity index (χ3n) is 4.07. The fraction of sp³-hybridized carbons (Fsp3) is 0.474. The molecule has 0 bridgehead atoms. The molecule has 1 aromatic rings. The Kier molecular flexibility index (Phi) is 7.49. The van der Waals surface area contributed by atoms with Gasteiger partial charge in [0.2, 0.25) is 11.8 Å². The fourth-order valence-corrected chi connectivity index (χ4v) is 2.67. The first kappa shape index (κ1) is 18.2. The Morgan fingerprint density at radius 2 is 1.67 bits per heavy atom. The lowest BCUT2D eigenvalue weighted by Crippen LogP contribution is -2.29. The van der Waals surface area contributed by atoms with Crippen LogP contribution in [-0.4, -0.2) is 24.9 Å². The molecule has 2 amide bonds. The molecule has 0 fully saturated rings. The van der Waals surface area contributed by atoms with E-state index >= 15 is 0 Å². The summed E-state index contributed by atoms with van der Waals surface area (Å²) in [7, 11) is 0. The maximum Gasteiger partial charge on any atom is 0.238 e. The van der Waals surface area contributed by atoms with Crippen molar-refractivity contribution in [3.63, 3.8) is 0 Å². The number of benzene rings is 1. The van der Waals surface area contributed by atoms with E-state index in [-0.39, 0.29) is 11.8 Å². The zero-order chi connectivity index (χ0) is 17.2. The first-order valence-corrected chi connectivity index (χ1v) is 8.75. The number of nitrogens with one attached hydrogen (secondary N) is 3. The van der Waals surface area contributed by atoms with Crippen LogP contribution in [0.5, 0.6) is 0 Å². The quantitative estimate of drug-likeness (QED) is 0.505. The summed E-state index contributed by atoms with van der Waals surface area (Å²) in [5, 5.41) is 8.81. The van der Waals surface area contributed by atoms with Crippen LogP contribution in [-0.2, 0) is 9.59 Å². The Bertz CT molecular complexity index is 579. The van der Waals surface area contributed by atoms with Gasteiger partial charge in [0.1, 0.15) is 0 Å². The molecule has 1 aromatic carbocycles. The molecule has 0 heterocycles. The molecule has 0 radical (unpaired) electrons. The highest BCUT2D eigenvalue weighted by atomic mass is 16.2. The van der Waals surface area contributed by atoms with Crippen molar-refractivity contribution in [2.45, 2.75) is 45.4 Å². The molecular formula is C19H27N3O2. The fourth-order valence-electron chi connectivity index (χ4n) is 2.67. The lowest BCUT2D eigenvalue weighted by Gasteiger charge is -2.13. The lowest BCUT2D eigenvalue weighted by molar-refractivity contribution is -0.116. The molecule has 0 saturated heterocycles. The van der Waals surface area contributed by atoms with Gasteiger partial charge in [-0.15, -0.1) is 0 Å². The van der Waals surface area contributed by atoms with Crippen LogP contribution in [0.25, 0.3) is 0 Å². The van der Waals surface area contributed by atoms with Crippen LogP contribution in [0.1, 0.15) is 45.4 Å². The summed E-state index contributed by atoms with van der Waals surface area (Å²) in [5.74, 6) is -0.0815. The average Bonchev–Trinajstić information content (AvgIpc) is 2.61. The van der Waals surface area contributed by atoms with Crippen molar-refractivity contribution in [2.24, 2.45) is 0 Å². The summed E-state index contributed by atoms with van der Waals surface area (Å²) in [6, 6.07) is 7.14. The molecule has 5 nitrogen and oxygen atoms in total. The van der Waals surface area contributed by atoms with Crippen LogP contribution in [0.4, 0.5) is 11.4 Å². The Balaban J connectivity index is 1.66. The molecule has 1 aliphatic rings. The van der Waals surface area contributed by atoms with Gasteiger partial charge < -0.3 is 16.0 Å². The molecule has 3 N–H and O–H groups in total. The monoisotopic (exact) mass is 329 g/mol. The van der Waals surface area contributed by atoms with Crippen LogP contribution in [0.3, 0.4) is 0 Å². The van der Waals surface area contributed by atoms with Crippen LogP contribution in [0.2, 0.25) is 0 Å². The van der Waals surface area contributed by atoms with Gasteiger partial charge in [-0.2, -0.15) is 0 Å². The summed E-state index contributed by atoms with van der Waals surface area (Å²) in [6.07, 6.45) is 8.81. The van der Waals surface area contributed by atoms with E-state index in [1.54, 1.807) is 24.3 Å². The lowest BCUT2D eigenvalue weighted by atomic mass is 9.97. The normalized spacial score (nSPS) is 14.0. The van der Waals surface area contributed by atoms with Gasteiger partial charge in [0.15, 0.2) is 0 Å². The van der Waals surface area contributed by atoms with E-state index in [2.05, 4.69) is 22.0 Å². The summed E-state index contributed by atoms with van der Waals surface area (Å²) < 4.78 is 0.